The van der Waals surface area contributed by atoms with Crippen LogP contribution in [-0.4, -0.2) is 14.8 Å². The molecule has 5 heteroatoms. The molecule has 1 N–H and O–H groups in total. The molecule has 0 amide bonds. The summed E-state index contributed by atoms with van der Waals surface area (Å²) in [5.74, 6) is 0. The van der Waals surface area contributed by atoms with Crippen LogP contribution in [0.15, 0.2) is 58.3 Å². The minimum atomic E-state index is -0.500. The van der Waals surface area contributed by atoms with Crippen LogP contribution in [0.25, 0.3) is 10.8 Å². The Kier molecular flexibility index (Phi) is 2.72. The molecule has 0 saturated heterocycles. The summed E-state index contributed by atoms with van der Waals surface area (Å²) in [5.41, 5.74) is 0.0222. The molecule has 0 atom stereocenters. The second-order valence-electron chi connectivity index (χ2n) is 4.24. The summed E-state index contributed by atoms with van der Waals surface area (Å²) in [5, 5.41) is 7.86. The van der Waals surface area contributed by atoms with Gasteiger partial charge in [0.1, 0.15) is 6.20 Å². The number of nitrogens with zero attached hydrogens (tertiary/aromatic N) is 2. The molecule has 0 fully saturated rings. The number of nitrogens with one attached hydrogen (secondary N) is 1. The molecule has 94 valence electrons. The molecule has 3 aromatic rings. The van der Waals surface area contributed by atoms with Crippen LogP contribution in [-0.2, 0) is 6.54 Å². The Hall–Kier alpha value is -2.69. The van der Waals surface area contributed by atoms with Crippen LogP contribution < -0.4 is 11.2 Å². The quantitative estimate of drug-likeness (QED) is 0.744. The van der Waals surface area contributed by atoms with Crippen LogP contribution in [0.1, 0.15) is 5.56 Å². The largest absolute Gasteiger partial charge is 0.345 e. The fourth-order valence-corrected chi connectivity index (χ4v) is 2.12. The van der Waals surface area contributed by atoms with E-state index in [-0.39, 0.29) is 6.54 Å². The van der Waals surface area contributed by atoms with Gasteiger partial charge in [0.25, 0.3) is 5.56 Å². The normalized spacial score (nSPS) is 10.7. The maximum absolute atomic E-state index is 11.7. The monoisotopic (exact) mass is 253 g/mol. The minimum Gasteiger partial charge on any atom is -0.267 e. The van der Waals surface area contributed by atoms with Crippen LogP contribution >= 0.6 is 0 Å². The van der Waals surface area contributed by atoms with E-state index in [1.54, 1.807) is 0 Å². The molecular formula is C14H11N3O2. The van der Waals surface area contributed by atoms with Crippen molar-refractivity contribution in [2.75, 3.05) is 0 Å². The van der Waals surface area contributed by atoms with Gasteiger partial charge in [0.2, 0.25) is 0 Å². The molecule has 0 aliphatic heterocycles. The lowest BCUT2D eigenvalue weighted by Crippen LogP contribution is -2.35. The molecule has 3 rings (SSSR count). The van der Waals surface area contributed by atoms with Crippen molar-refractivity contribution in [2.24, 2.45) is 0 Å². The van der Waals surface area contributed by atoms with Crippen molar-refractivity contribution < 1.29 is 0 Å². The highest BCUT2D eigenvalue weighted by Crippen LogP contribution is 2.18. The van der Waals surface area contributed by atoms with Crippen molar-refractivity contribution in [3.05, 3.63) is 75.1 Å². The van der Waals surface area contributed by atoms with E-state index in [0.717, 1.165) is 27.1 Å². The molecule has 0 unspecified atom stereocenters. The first-order valence-electron chi connectivity index (χ1n) is 5.87. The van der Waals surface area contributed by atoms with Gasteiger partial charge in [-0.2, -0.15) is 5.10 Å². The fourth-order valence-electron chi connectivity index (χ4n) is 2.12. The van der Waals surface area contributed by atoms with Gasteiger partial charge >= 0.3 is 5.69 Å². The smallest absolute Gasteiger partial charge is 0.267 e. The van der Waals surface area contributed by atoms with E-state index in [4.69, 9.17) is 0 Å². The third-order valence-electron chi connectivity index (χ3n) is 3.05. The van der Waals surface area contributed by atoms with E-state index >= 15 is 0 Å². The lowest BCUT2D eigenvalue weighted by molar-refractivity contribution is 0.669. The van der Waals surface area contributed by atoms with Gasteiger partial charge in [-0.1, -0.05) is 42.5 Å². The first kappa shape index (κ1) is 11.4. The lowest BCUT2D eigenvalue weighted by Gasteiger charge is -2.07. The highest BCUT2D eigenvalue weighted by molar-refractivity contribution is 5.85. The molecule has 1 aromatic heterocycles. The maximum Gasteiger partial charge on any atom is 0.345 e. The minimum absolute atomic E-state index is 0.234. The number of aromatic amines is 1. The number of H-pyrrole nitrogens is 1. The molecule has 0 aliphatic carbocycles. The highest BCUT2D eigenvalue weighted by Gasteiger charge is 2.05. The van der Waals surface area contributed by atoms with Gasteiger partial charge in [0.05, 0.1) is 6.54 Å². The second-order valence-corrected chi connectivity index (χ2v) is 4.24. The van der Waals surface area contributed by atoms with Gasteiger partial charge in [0.15, 0.2) is 0 Å². The fraction of sp³-hybridized carbons (Fsp3) is 0.0714. The summed E-state index contributed by atoms with van der Waals surface area (Å²) in [7, 11) is 0. The Bertz CT molecular complexity index is 815. The van der Waals surface area contributed by atoms with Gasteiger partial charge in [-0.25, -0.2) is 9.89 Å². The van der Waals surface area contributed by atoms with E-state index < -0.39 is 11.2 Å². The summed E-state index contributed by atoms with van der Waals surface area (Å²) < 4.78 is 1.13. The zero-order chi connectivity index (χ0) is 13.2. The first-order chi connectivity index (χ1) is 9.25. The number of hydrogen-bond acceptors (Lipinski definition) is 3. The second kappa shape index (κ2) is 4.53. The average Bonchev–Trinajstić information content (AvgIpc) is 2.43. The molecule has 19 heavy (non-hydrogen) atoms. The molecule has 1 heterocycles. The molecule has 0 saturated carbocycles. The first-order valence-corrected chi connectivity index (χ1v) is 5.87. The van der Waals surface area contributed by atoms with Crippen LogP contribution in [0.5, 0.6) is 0 Å². The number of hydrogen-bond donors (Lipinski definition) is 1. The highest BCUT2D eigenvalue weighted by atomic mass is 16.2. The standard InChI is InChI=1S/C14H11N3O2/c18-13-8-15-16-14(19)17(13)9-11-6-3-5-10-4-1-2-7-12(10)11/h1-8H,9H2,(H,16,19). The third kappa shape index (κ3) is 2.06. The van der Waals surface area contributed by atoms with Gasteiger partial charge in [-0.05, 0) is 16.3 Å². The number of rotatable bonds is 2. The van der Waals surface area contributed by atoms with Crippen molar-refractivity contribution in [3.63, 3.8) is 0 Å². The molecule has 2 aromatic carbocycles. The molecular weight excluding hydrogens is 242 g/mol. The molecule has 5 nitrogen and oxygen atoms in total. The average molecular weight is 253 g/mol. The number of aromatic nitrogens is 3. The van der Waals surface area contributed by atoms with Gasteiger partial charge in [0, 0.05) is 0 Å². The zero-order valence-corrected chi connectivity index (χ0v) is 10.0. The summed E-state index contributed by atoms with van der Waals surface area (Å²) in [6, 6.07) is 13.7. The van der Waals surface area contributed by atoms with Crippen molar-refractivity contribution in [1.29, 1.82) is 0 Å². The van der Waals surface area contributed by atoms with Crippen LogP contribution in [0.2, 0.25) is 0 Å². The lowest BCUT2D eigenvalue weighted by atomic mass is 10.0. The molecule has 0 bridgehead atoms. The predicted octanol–water partition coefficient (Wildman–Crippen LogP) is 1.13. The van der Waals surface area contributed by atoms with Gasteiger partial charge < -0.3 is 0 Å². The number of fused-ring (bicyclic) bond motifs is 1. The van der Waals surface area contributed by atoms with Crippen molar-refractivity contribution >= 4 is 10.8 Å². The van der Waals surface area contributed by atoms with Gasteiger partial charge in [-0.15, -0.1) is 0 Å². The van der Waals surface area contributed by atoms with E-state index in [0.29, 0.717) is 0 Å². The molecule has 0 spiro atoms. The Balaban J connectivity index is 2.17. The summed E-state index contributed by atoms with van der Waals surface area (Å²) in [6.45, 7) is 0.234. The molecule has 0 radical (unpaired) electrons. The van der Waals surface area contributed by atoms with Crippen molar-refractivity contribution in [1.82, 2.24) is 14.8 Å². The Labute approximate surface area is 108 Å². The van der Waals surface area contributed by atoms with E-state index in [2.05, 4.69) is 10.2 Å². The van der Waals surface area contributed by atoms with E-state index in [9.17, 15) is 9.59 Å². The van der Waals surface area contributed by atoms with Crippen molar-refractivity contribution in [2.45, 2.75) is 6.54 Å². The Morgan fingerprint density at radius 1 is 1.05 bits per heavy atom. The zero-order valence-electron chi connectivity index (χ0n) is 10.0. The van der Waals surface area contributed by atoms with Crippen LogP contribution in [0.3, 0.4) is 0 Å². The molecule has 0 aliphatic rings. The van der Waals surface area contributed by atoms with Crippen LogP contribution in [0.4, 0.5) is 0 Å². The maximum atomic E-state index is 11.7. The Morgan fingerprint density at radius 2 is 1.84 bits per heavy atom. The summed E-state index contributed by atoms with van der Waals surface area (Å²) >= 11 is 0. The van der Waals surface area contributed by atoms with E-state index in [1.807, 2.05) is 42.5 Å². The van der Waals surface area contributed by atoms with Crippen molar-refractivity contribution in [3.8, 4) is 0 Å². The third-order valence-corrected chi connectivity index (χ3v) is 3.05. The topological polar surface area (TPSA) is 67.8 Å². The van der Waals surface area contributed by atoms with E-state index in [1.165, 1.54) is 0 Å². The SMILES string of the molecule is O=c1cn[nH]c(=O)n1Cc1cccc2ccccc12. The predicted molar refractivity (Wildman–Crippen MR) is 72.2 cm³/mol. The number of benzene rings is 2. The summed E-state index contributed by atoms with van der Waals surface area (Å²) in [4.78, 5) is 23.3. The van der Waals surface area contributed by atoms with Gasteiger partial charge in [-0.3, -0.25) is 9.36 Å². The Morgan fingerprint density at radius 3 is 2.68 bits per heavy atom. The summed E-state index contributed by atoms with van der Waals surface area (Å²) in [6.07, 6.45) is 1.10. The van der Waals surface area contributed by atoms with Crippen LogP contribution in [0, 0.1) is 0 Å².